The molecule has 0 amide bonds. The molecule has 5 heteroatoms. The van der Waals surface area contributed by atoms with Crippen molar-refractivity contribution in [2.24, 2.45) is 0 Å². The van der Waals surface area contributed by atoms with Crippen molar-refractivity contribution in [2.45, 2.75) is 0 Å². The number of aromatic amines is 1. The minimum absolute atomic E-state index is 0.110. The van der Waals surface area contributed by atoms with Crippen LogP contribution >= 0.6 is 0 Å². The third kappa shape index (κ3) is 2.61. The maximum absolute atomic E-state index is 12.8. The lowest BCUT2D eigenvalue weighted by molar-refractivity contribution is 0.103. The number of ether oxygens (including phenoxy) is 3. The van der Waals surface area contributed by atoms with E-state index in [-0.39, 0.29) is 5.78 Å². The van der Waals surface area contributed by atoms with Crippen LogP contribution in [0.4, 0.5) is 0 Å². The summed E-state index contributed by atoms with van der Waals surface area (Å²) in [5, 5.41) is 1.06. The van der Waals surface area contributed by atoms with Gasteiger partial charge in [0.2, 0.25) is 5.75 Å². The number of rotatable bonds is 5. The summed E-state index contributed by atoms with van der Waals surface area (Å²) in [6.07, 6.45) is 1.85. The zero-order valence-electron chi connectivity index (χ0n) is 13.2. The molecular weight excluding hydrogens is 294 g/mol. The highest BCUT2D eigenvalue weighted by Gasteiger charge is 2.18. The van der Waals surface area contributed by atoms with E-state index in [4.69, 9.17) is 14.2 Å². The van der Waals surface area contributed by atoms with Crippen LogP contribution in [0.5, 0.6) is 17.2 Å². The predicted molar refractivity (Wildman–Crippen MR) is 87.8 cm³/mol. The Morgan fingerprint density at radius 3 is 2.17 bits per heavy atom. The van der Waals surface area contributed by atoms with Gasteiger partial charge in [0.05, 0.1) is 21.3 Å². The van der Waals surface area contributed by atoms with Crippen LogP contribution in [0.3, 0.4) is 0 Å². The second kappa shape index (κ2) is 6.04. The average Bonchev–Trinajstić information content (AvgIpc) is 3.07. The standard InChI is InChI=1S/C18H17NO4/c1-21-15-9-13(10-16(22-2)18(15)23-3)17(20)12-5-4-11-6-7-19-14(11)8-12/h4-10,19H,1-3H3. The molecule has 0 aliphatic rings. The summed E-state index contributed by atoms with van der Waals surface area (Å²) >= 11 is 0. The number of fused-ring (bicyclic) bond motifs is 1. The Kier molecular flexibility index (Phi) is 3.93. The number of carbonyl (C=O) groups is 1. The predicted octanol–water partition coefficient (Wildman–Crippen LogP) is 3.42. The van der Waals surface area contributed by atoms with E-state index in [0.717, 1.165) is 10.9 Å². The molecule has 0 saturated carbocycles. The molecule has 3 aromatic rings. The summed E-state index contributed by atoms with van der Waals surface area (Å²) < 4.78 is 15.9. The second-order valence-corrected chi connectivity index (χ2v) is 5.02. The second-order valence-electron chi connectivity index (χ2n) is 5.02. The van der Waals surface area contributed by atoms with Gasteiger partial charge < -0.3 is 19.2 Å². The summed E-state index contributed by atoms with van der Waals surface area (Å²) in [7, 11) is 4.58. The highest BCUT2D eigenvalue weighted by molar-refractivity contribution is 6.11. The van der Waals surface area contributed by atoms with Crippen LogP contribution in [0.25, 0.3) is 10.9 Å². The van der Waals surface area contributed by atoms with Crippen molar-refractivity contribution in [3.8, 4) is 17.2 Å². The summed E-state index contributed by atoms with van der Waals surface area (Å²) in [5.74, 6) is 1.26. The van der Waals surface area contributed by atoms with Gasteiger partial charge in [0.25, 0.3) is 0 Å². The van der Waals surface area contributed by atoms with Gasteiger partial charge in [-0.05, 0) is 29.7 Å². The fourth-order valence-corrected chi connectivity index (χ4v) is 2.57. The van der Waals surface area contributed by atoms with Gasteiger partial charge in [-0.1, -0.05) is 12.1 Å². The van der Waals surface area contributed by atoms with Gasteiger partial charge in [-0.15, -0.1) is 0 Å². The molecule has 0 saturated heterocycles. The number of H-pyrrole nitrogens is 1. The zero-order chi connectivity index (χ0) is 16.4. The lowest BCUT2D eigenvalue weighted by Crippen LogP contribution is -2.04. The Bertz CT molecular complexity index is 841. The van der Waals surface area contributed by atoms with E-state index in [1.54, 1.807) is 12.1 Å². The number of nitrogens with one attached hydrogen (secondary N) is 1. The molecule has 2 aromatic carbocycles. The molecule has 0 aliphatic heterocycles. The molecule has 0 fully saturated rings. The van der Waals surface area contributed by atoms with Gasteiger partial charge in [-0.2, -0.15) is 0 Å². The molecule has 0 spiro atoms. The molecule has 0 aliphatic carbocycles. The highest BCUT2D eigenvalue weighted by atomic mass is 16.5. The van der Waals surface area contributed by atoms with Gasteiger partial charge >= 0.3 is 0 Å². The van der Waals surface area contributed by atoms with E-state index in [9.17, 15) is 4.79 Å². The number of hydrogen-bond acceptors (Lipinski definition) is 4. The van der Waals surface area contributed by atoms with Gasteiger partial charge in [0, 0.05) is 22.8 Å². The Morgan fingerprint density at radius 2 is 1.57 bits per heavy atom. The number of ketones is 1. The lowest BCUT2D eigenvalue weighted by atomic mass is 10.0. The monoisotopic (exact) mass is 311 g/mol. The molecule has 1 N–H and O–H groups in total. The van der Waals surface area contributed by atoms with Crippen LogP contribution < -0.4 is 14.2 Å². The van der Waals surface area contributed by atoms with Gasteiger partial charge in [0.15, 0.2) is 17.3 Å². The third-order valence-electron chi connectivity index (χ3n) is 3.74. The molecule has 118 valence electrons. The topological polar surface area (TPSA) is 60.6 Å². The lowest BCUT2D eigenvalue weighted by Gasteiger charge is -2.13. The van der Waals surface area contributed by atoms with Crippen molar-refractivity contribution < 1.29 is 19.0 Å². The van der Waals surface area contributed by atoms with E-state index < -0.39 is 0 Å². The molecule has 3 rings (SSSR count). The maximum atomic E-state index is 12.8. The third-order valence-corrected chi connectivity index (χ3v) is 3.74. The van der Waals surface area contributed by atoms with Gasteiger partial charge in [-0.25, -0.2) is 0 Å². The molecule has 23 heavy (non-hydrogen) atoms. The Hall–Kier alpha value is -2.95. The van der Waals surface area contributed by atoms with Crippen LogP contribution in [-0.2, 0) is 0 Å². The van der Waals surface area contributed by atoms with Crippen molar-refractivity contribution in [3.63, 3.8) is 0 Å². The van der Waals surface area contributed by atoms with Crippen LogP contribution in [0.1, 0.15) is 15.9 Å². The minimum Gasteiger partial charge on any atom is -0.493 e. The number of hydrogen-bond donors (Lipinski definition) is 1. The van der Waals surface area contributed by atoms with Crippen molar-refractivity contribution in [2.75, 3.05) is 21.3 Å². The average molecular weight is 311 g/mol. The largest absolute Gasteiger partial charge is 0.493 e. The summed E-state index contributed by atoms with van der Waals surface area (Å²) in [5.41, 5.74) is 1.99. The first-order chi connectivity index (χ1) is 11.2. The molecular formula is C18H17NO4. The highest BCUT2D eigenvalue weighted by Crippen LogP contribution is 2.38. The summed E-state index contributed by atoms with van der Waals surface area (Å²) in [6.45, 7) is 0. The first-order valence-corrected chi connectivity index (χ1v) is 7.09. The molecule has 5 nitrogen and oxygen atoms in total. The molecule has 0 atom stereocenters. The molecule has 0 radical (unpaired) electrons. The Labute approximate surface area is 133 Å². The van der Waals surface area contributed by atoms with Crippen LogP contribution in [0.15, 0.2) is 42.6 Å². The molecule has 0 bridgehead atoms. The SMILES string of the molecule is COc1cc(C(=O)c2ccc3cc[nH]c3c2)cc(OC)c1OC. The van der Waals surface area contributed by atoms with Crippen molar-refractivity contribution >= 4 is 16.7 Å². The number of carbonyl (C=O) groups excluding carboxylic acids is 1. The fourth-order valence-electron chi connectivity index (χ4n) is 2.57. The summed E-state index contributed by atoms with van der Waals surface area (Å²) in [4.78, 5) is 15.9. The van der Waals surface area contributed by atoms with E-state index in [0.29, 0.717) is 28.4 Å². The first-order valence-electron chi connectivity index (χ1n) is 7.09. The fraction of sp³-hybridized carbons (Fsp3) is 0.167. The molecule has 0 unspecified atom stereocenters. The quantitative estimate of drug-likeness (QED) is 0.733. The normalized spacial score (nSPS) is 10.6. The van der Waals surface area contributed by atoms with Gasteiger partial charge in [0.1, 0.15) is 0 Å². The first kappa shape index (κ1) is 15.0. The van der Waals surface area contributed by atoms with E-state index in [2.05, 4.69) is 4.98 Å². The number of methoxy groups -OCH3 is 3. The summed E-state index contributed by atoms with van der Waals surface area (Å²) in [6, 6.07) is 10.8. The number of aromatic nitrogens is 1. The Morgan fingerprint density at radius 1 is 0.870 bits per heavy atom. The molecule has 1 aromatic heterocycles. The van der Waals surface area contributed by atoms with Crippen LogP contribution in [0, 0.1) is 0 Å². The van der Waals surface area contributed by atoms with Crippen molar-refractivity contribution in [1.82, 2.24) is 4.98 Å². The van der Waals surface area contributed by atoms with Crippen LogP contribution in [0.2, 0.25) is 0 Å². The van der Waals surface area contributed by atoms with Crippen molar-refractivity contribution in [1.29, 1.82) is 0 Å². The van der Waals surface area contributed by atoms with E-state index >= 15 is 0 Å². The van der Waals surface area contributed by atoms with Crippen molar-refractivity contribution in [3.05, 3.63) is 53.7 Å². The Balaban J connectivity index is 2.07. The van der Waals surface area contributed by atoms with E-state index in [1.807, 2.05) is 30.5 Å². The van der Waals surface area contributed by atoms with E-state index in [1.165, 1.54) is 21.3 Å². The zero-order valence-corrected chi connectivity index (χ0v) is 13.2. The maximum Gasteiger partial charge on any atom is 0.203 e. The minimum atomic E-state index is -0.110. The smallest absolute Gasteiger partial charge is 0.203 e. The van der Waals surface area contributed by atoms with Crippen LogP contribution in [-0.4, -0.2) is 32.1 Å². The van der Waals surface area contributed by atoms with Gasteiger partial charge in [-0.3, -0.25) is 4.79 Å². The molecule has 1 heterocycles. The number of benzene rings is 2.